The molecule has 0 spiro atoms. The van der Waals surface area contributed by atoms with Crippen LogP contribution in [-0.2, 0) is 33.3 Å². The molecule has 0 unspecified atom stereocenters. The number of aliphatic hydroxyl groups is 2. The van der Waals surface area contributed by atoms with Crippen molar-refractivity contribution in [1.82, 2.24) is 5.32 Å². The third-order valence-corrected chi connectivity index (χ3v) is 11.0. The number of amides is 1. The number of hydrogen-bond acceptors (Lipinski definition) is 10. The minimum atomic E-state index is -1.88. The summed E-state index contributed by atoms with van der Waals surface area (Å²) in [7, 11) is -1.55. The van der Waals surface area contributed by atoms with Crippen LogP contribution in [0.1, 0.15) is 129 Å². The van der Waals surface area contributed by atoms with Crippen LogP contribution in [0.15, 0.2) is 0 Å². The zero-order valence-electron chi connectivity index (χ0n) is 32.3. The highest BCUT2D eigenvalue weighted by atomic mass is 35.6. The largest absolute Gasteiger partial charge is 0.462 e. The Morgan fingerprint density at radius 3 is 1.94 bits per heavy atom. The van der Waals surface area contributed by atoms with Crippen LogP contribution in [0.25, 0.3) is 0 Å². The molecular weight excluding hydrogens is 753 g/mol. The molecule has 1 aliphatic heterocycles. The molecule has 306 valence electrons. The summed E-state index contributed by atoms with van der Waals surface area (Å²) in [4.78, 5) is 39.2. The van der Waals surface area contributed by atoms with Crippen molar-refractivity contribution in [3.05, 3.63) is 0 Å². The number of ether oxygens (including phenoxy) is 5. The van der Waals surface area contributed by atoms with Gasteiger partial charge in [-0.05, 0) is 25.3 Å². The van der Waals surface area contributed by atoms with Crippen LogP contribution < -0.4 is 5.32 Å². The van der Waals surface area contributed by atoms with Gasteiger partial charge < -0.3 is 39.2 Å². The molecule has 3 N–H and O–H groups in total. The van der Waals surface area contributed by atoms with Crippen LogP contribution in [0.4, 0.5) is 4.79 Å². The Morgan fingerprint density at radius 1 is 0.846 bits per heavy atom. The predicted molar refractivity (Wildman–Crippen MR) is 209 cm³/mol. The Labute approximate surface area is 328 Å². The molecule has 15 heteroatoms. The maximum atomic E-state index is 13.5. The molecule has 0 aliphatic carbocycles. The normalized spacial score (nSPS) is 21.4. The van der Waals surface area contributed by atoms with Gasteiger partial charge in [0.15, 0.2) is 12.4 Å². The zero-order valence-corrected chi connectivity index (χ0v) is 35.6. The molecule has 1 rings (SSSR count). The third-order valence-electron chi connectivity index (χ3n) is 8.96. The molecule has 1 saturated heterocycles. The molecule has 0 saturated carbocycles. The number of carbonyl (C=O) groups excluding carboxylic acids is 3. The summed E-state index contributed by atoms with van der Waals surface area (Å²) in [5.74, 6) is -1.11. The van der Waals surface area contributed by atoms with Crippen LogP contribution in [0.3, 0.4) is 0 Å². The van der Waals surface area contributed by atoms with Gasteiger partial charge in [0.25, 0.3) is 0 Å². The lowest BCUT2D eigenvalue weighted by Gasteiger charge is -2.43. The van der Waals surface area contributed by atoms with Crippen molar-refractivity contribution in [2.24, 2.45) is 0 Å². The first-order valence-corrected chi connectivity index (χ1v) is 24.4. The molecule has 0 aromatic rings. The third kappa shape index (κ3) is 23.8. The molecule has 6 atom stereocenters. The van der Waals surface area contributed by atoms with Crippen molar-refractivity contribution in [3.8, 4) is 0 Å². The average molecular weight is 821 g/mol. The zero-order chi connectivity index (χ0) is 39.0. The minimum absolute atomic E-state index is 0.251. The lowest BCUT2D eigenvalue weighted by molar-refractivity contribution is -0.272. The fourth-order valence-corrected chi connectivity index (χ4v) is 6.77. The Balaban J connectivity index is 3.05. The first-order chi connectivity index (χ1) is 24.6. The van der Waals surface area contributed by atoms with Crippen molar-refractivity contribution >= 4 is 60.9 Å². The standard InChI is InChI=1S/C37H68Cl3NO10Si/c1-6-8-10-12-14-15-16-17-19-21-28(49-30(43)22-20-18-13-11-9-7-2)25-31(44)51-34-32(41-36(46)48-27-37(38,39)40)35(47-23-24-52(3,4)5)50-29(26-42)33(34)45/h28-29,32-35,42,45H,6-27H2,1-5H3,(H,41,46)/t28-,29-,32-,33-,34-,35-/m1/s1. The van der Waals surface area contributed by atoms with E-state index in [4.69, 9.17) is 58.5 Å². The van der Waals surface area contributed by atoms with E-state index >= 15 is 0 Å². The monoisotopic (exact) mass is 819 g/mol. The van der Waals surface area contributed by atoms with Crippen molar-refractivity contribution in [1.29, 1.82) is 0 Å². The Bertz CT molecular complexity index is 984. The SMILES string of the molecule is CCCCCCCCCCC[C@H](CC(=O)O[C@H]1[C@H](O)[C@@H](CO)O[C@@H](OCC[Si](C)(C)C)[C@@H]1NC(=O)OCC(Cl)(Cl)Cl)OC(=O)CCCCCCCC. The molecule has 0 aromatic heterocycles. The average Bonchev–Trinajstić information content (AvgIpc) is 3.06. The number of esters is 2. The maximum absolute atomic E-state index is 13.5. The molecule has 11 nitrogen and oxygen atoms in total. The number of aliphatic hydroxyl groups excluding tert-OH is 2. The lowest BCUT2D eigenvalue weighted by Crippen LogP contribution is -2.66. The van der Waals surface area contributed by atoms with Gasteiger partial charge in [-0.2, -0.15) is 0 Å². The van der Waals surface area contributed by atoms with Gasteiger partial charge in [0.2, 0.25) is 3.79 Å². The van der Waals surface area contributed by atoms with E-state index in [0.717, 1.165) is 63.8 Å². The summed E-state index contributed by atoms with van der Waals surface area (Å²) in [6.45, 7) is 9.93. The first kappa shape index (κ1) is 49.2. The molecule has 1 amide bonds. The summed E-state index contributed by atoms with van der Waals surface area (Å²) >= 11 is 17.2. The number of hydrogen-bond donors (Lipinski definition) is 3. The summed E-state index contributed by atoms with van der Waals surface area (Å²) in [5, 5.41) is 23.8. The number of nitrogens with one attached hydrogen (secondary N) is 1. The number of alkyl halides is 3. The fraction of sp³-hybridized carbons (Fsp3) is 0.919. The number of carbonyl (C=O) groups is 3. The van der Waals surface area contributed by atoms with E-state index in [0.29, 0.717) is 6.42 Å². The summed E-state index contributed by atoms with van der Waals surface area (Å²) in [5.41, 5.74) is 0. The second-order valence-electron chi connectivity index (χ2n) is 15.2. The Morgan fingerprint density at radius 2 is 1.40 bits per heavy atom. The maximum Gasteiger partial charge on any atom is 0.407 e. The van der Waals surface area contributed by atoms with Gasteiger partial charge in [-0.15, -0.1) is 0 Å². The highest BCUT2D eigenvalue weighted by Gasteiger charge is 2.49. The molecule has 1 aliphatic rings. The molecule has 0 aromatic carbocycles. The number of alkyl carbamates (subject to hydrolysis) is 1. The first-order valence-electron chi connectivity index (χ1n) is 19.5. The van der Waals surface area contributed by atoms with Crippen molar-refractivity contribution in [3.63, 3.8) is 0 Å². The summed E-state index contributed by atoms with van der Waals surface area (Å²) < 4.78 is 26.6. The van der Waals surface area contributed by atoms with E-state index in [1.54, 1.807) is 0 Å². The number of unbranched alkanes of at least 4 members (excludes halogenated alkanes) is 13. The van der Waals surface area contributed by atoms with E-state index in [1.165, 1.54) is 38.5 Å². The van der Waals surface area contributed by atoms with Gasteiger partial charge >= 0.3 is 18.0 Å². The minimum Gasteiger partial charge on any atom is -0.462 e. The lowest BCUT2D eigenvalue weighted by atomic mass is 9.96. The van der Waals surface area contributed by atoms with Crippen LogP contribution in [-0.4, -0.2) is 96.7 Å². The Hall–Kier alpha value is -0.863. The van der Waals surface area contributed by atoms with E-state index in [1.807, 2.05) is 0 Å². The van der Waals surface area contributed by atoms with E-state index < -0.39 is 73.9 Å². The number of halogens is 3. The van der Waals surface area contributed by atoms with E-state index in [-0.39, 0.29) is 25.4 Å². The fourth-order valence-electron chi connectivity index (χ4n) is 5.88. The molecule has 1 fully saturated rings. The molecular formula is C37H68Cl3NO10Si. The van der Waals surface area contributed by atoms with Crippen molar-refractivity contribution < 1.29 is 48.3 Å². The molecule has 0 bridgehead atoms. The van der Waals surface area contributed by atoms with Crippen LogP contribution in [0.5, 0.6) is 0 Å². The van der Waals surface area contributed by atoms with Gasteiger partial charge in [0.05, 0.1) is 13.0 Å². The summed E-state index contributed by atoms with van der Waals surface area (Å²) in [6, 6.07) is -0.504. The van der Waals surface area contributed by atoms with E-state index in [9.17, 15) is 24.6 Å². The highest BCUT2D eigenvalue weighted by Crippen LogP contribution is 2.28. The summed E-state index contributed by atoms with van der Waals surface area (Å²) in [6.07, 6.45) is 9.65. The van der Waals surface area contributed by atoms with Gasteiger partial charge in [-0.3, -0.25) is 9.59 Å². The number of rotatable bonds is 28. The van der Waals surface area contributed by atoms with Crippen molar-refractivity contribution in [2.75, 3.05) is 19.8 Å². The molecule has 0 radical (unpaired) electrons. The Kier molecular flexibility index (Phi) is 26.2. The second kappa shape index (κ2) is 27.7. The van der Waals surface area contributed by atoms with Gasteiger partial charge in [-0.1, -0.05) is 152 Å². The van der Waals surface area contributed by atoms with Crippen LogP contribution >= 0.6 is 34.8 Å². The van der Waals surface area contributed by atoms with Crippen molar-refractivity contribution in [2.45, 2.75) is 196 Å². The molecule has 52 heavy (non-hydrogen) atoms. The predicted octanol–water partition coefficient (Wildman–Crippen LogP) is 8.77. The smallest absolute Gasteiger partial charge is 0.407 e. The van der Waals surface area contributed by atoms with Crippen LogP contribution in [0.2, 0.25) is 25.7 Å². The van der Waals surface area contributed by atoms with Gasteiger partial charge in [-0.25, -0.2) is 4.79 Å². The topological polar surface area (TPSA) is 150 Å². The second-order valence-corrected chi connectivity index (χ2v) is 23.3. The highest BCUT2D eigenvalue weighted by molar-refractivity contribution is 6.76. The van der Waals surface area contributed by atoms with E-state index in [2.05, 4.69) is 38.8 Å². The van der Waals surface area contributed by atoms with Gasteiger partial charge in [0, 0.05) is 21.1 Å². The van der Waals surface area contributed by atoms with Crippen LogP contribution in [0, 0.1) is 0 Å². The quantitative estimate of drug-likeness (QED) is 0.0230. The van der Waals surface area contributed by atoms with Gasteiger partial charge in [0.1, 0.15) is 31.0 Å². The molecule has 1 heterocycles.